The van der Waals surface area contributed by atoms with Gasteiger partial charge in [0.05, 0.1) is 25.0 Å². The van der Waals surface area contributed by atoms with Crippen LogP contribution >= 0.6 is 12.2 Å². The maximum Gasteiger partial charge on any atom is 0.416 e. The van der Waals surface area contributed by atoms with E-state index in [-0.39, 0.29) is 23.5 Å². The van der Waals surface area contributed by atoms with E-state index in [4.69, 9.17) is 21.7 Å². The van der Waals surface area contributed by atoms with Crippen molar-refractivity contribution >= 4 is 40.8 Å². The number of halogens is 1. The third-order valence-corrected chi connectivity index (χ3v) is 7.02. The summed E-state index contributed by atoms with van der Waals surface area (Å²) >= 11 is 5.08. The fraction of sp³-hybridized carbons (Fsp3) is 0.591. The minimum Gasteiger partial charge on any atom is -0.474 e. The maximum atomic E-state index is 15.0. The number of ether oxygens (including phenoxy) is 2. The number of rotatable bonds is 4. The number of carbonyl (C=O) groups excluding carboxylic acids is 2. The molecule has 1 aliphatic carbocycles. The van der Waals surface area contributed by atoms with Crippen LogP contribution in [-0.4, -0.2) is 80.1 Å². The van der Waals surface area contributed by atoms with E-state index < -0.39 is 18.1 Å². The van der Waals surface area contributed by atoms with Crippen LogP contribution in [0, 0.1) is 11.7 Å². The van der Waals surface area contributed by atoms with Gasteiger partial charge in [-0.2, -0.15) is 0 Å². The van der Waals surface area contributed by atoms with Crippen molar-refractivity contribution in [2.75, 3.05) is 56.7 Å². The number of likely N-dealkylation sites (N-methyl/N-ethyl adjacent to an activating group) is 1. The minimum absolute atomic E-state index is 0.166. The summed E-state index contributed by atoms with van der Waals surface area (Å²) in [4.78, 5) is 31.8. The zero-order chi connectivity index (χ0) is 22.8. The van der Waals surface area contributed by atoms with Gasteiger partial charge in [-0.05, 0) is 43.3 Å². The number of anilines is 2. The van der Waals surface area contributed by atoms with E-state index in [9.17, 15) is 9.59 Å². The van der Waals surface area contributed by atoms with E-state index in [2.05, 4.69) is 0 Å². The Balaban J connectivity index is 1.38. The lowest BCUT2D eigenvalue weighted by molar-refractivity contribution is -0.135. The fourth-order valence-corrected chi connectivity index (χ4v) is 4.76. The van der Waals surface area contributed by atoms with E-state index in [1.54, 1.807) is 24.1 Å². The summed E-state index contributed by atoms with van der Waals surface area (Å²) in [5.74, 6) is 0.00646. The second-order valence-electron chi connectivity index (χ2n) is 8.46. The highest BCUT2D eigenvalue weighted by molar-refractivity contribution is 7.80. The van der Waals surface area contributed by atoms with Gasteiger partial charge in [0.2, 0.25) is 5.91 Å². The molecule has 0 bridgehead atoms. The monoisotopic (exact) mass is 464 g/mol. The summed E-state index contributed by atoms with van der Waals surface area (Å²) < 4.78 is 25.4. The average Bonchev–Trinajstić information content (AvgIpc) is 3.48. The van der Waals surface area contributed by atoms with Crippen molar-refractivity contribution in [2.24, 2.45) is 5.92 Å². The van der Waals surface area contributed by atoms with Gasteiger partial charge in [-0.25, -0.2) is 9.18 Å². The molecule has 0 aromatic heterocycles. The molecule has 1 unspecified atom stereocenters. The van der Waals surface area contributed by atoms with Crippen LogP contribution in [0.5, 0.6) is 0 Å². The van der Waals surface area contributed by atoms with Crippen molar-refractivity contribution in [1.82, 2.24) is 9.80 Å². The quantitative estimate of drug-likeness (QED) is 0.635. The van der Waals surface area contributed by atoms with Crippen LogP contribution in [0.1, 0.15) is 25.7 Å². The van der Waals surface area contributed by atoms with Gasteiger partial charge in [0.25, 0.3) is 5.17 Å². The van der Waals surface area contributed by atoms with Crippen LogP contribution in [0.3, 0.4) is 0 Å². The van der Waals surface area contributed by atoms with Gasteiger partial charge in [0.15, 0.2) is 6.23 Å². The molecule has 174 valence electrons. The van der Waals surface area contributed by atoms with Crippen LogP contribution in [0.2, 0.25) is 0 Å². The molecule has 2 aliphatic heterocycles. The zero-order valence-corrected chi connectivity index (χ0v) is 19.3. The molecular weight excluding hydrogens is 435 g/mol. The first-order valence-electron chi connectivity index (χ1n) is 11.0. The highest BCUT2D eigenvalue weighted by atomic mass is 32.1. The molecule has 2 heterocycles. The predicted octanol–water partition coefficient (Wildman–Crippen LogP) is 2.81. The van der Waals surface area contributed by atoms with E-state index >= 15 is 4.39 Å². The van der Waals surface area contributed by atoms with Gasteiger partial charge < -0.3 is 19.3 Å². The second-order valence-corrected chi connectivity index (χ2v) is 8.81. The van der Waals surface area contributed by atoms with Crippen molar-refractivity contribution < 1.29 is 23.5 Å². The molecule has 4 rings (SSSR count). The van der Waals surface area contributed by atoms with Crippen LogP contribution in [-0.2, 0) is 14.3 Å². The van der Waals surface area contributed by atoms with Crippen molar-refractivity contribution in [2.45, 2.75) is 31.9 Å². The highest BCUT2D eigenvalue weighted by Gasteiger charge is 2.36. The number of hydrogen-bond acceptors (Lipinski definition) is 6. The molecule has 2 saturated heterocycles. The number of carbonyl (C=O) groups is 2. The lowest BCUT2D eigenvalue weighted by Gasteiger charge is -2.37. The fourth-order valence-electron chi connectivity index (χ4n) is 4.64. The van der Waals surface area contributed by atoms with Gasteiger partial charge >= 0.3 is 6.09 Å². The first kappa shape index (κ1) is 22.6. The maximum absolute atomic E-state index is 15.0. The van der Waals surface area contributed by atoms with Crippen LogP contribution in [0.25, 0.3) is 0 Å². The number of thiocarbonyl (C=S) groups is 1. The Morgan fingerprint density at radius 2 is 1.91 bits per heavy atom. The number of cyclic esters (lactones) is 1. The van der Waals surface area contributed by atoms with Crippen molar-refractivity contribution in [3.8, 4) is 0 Å². The lowest BCUT2D eigenvalue weighted by Crippen LogP contribution is -2.50. The molecule has 1 aromatic carbocycles. The molecule has 3 aliphatic rings. The number of amides is 2. The molecule has 1 atom stereocenters. The molecule has 10 heteroatoms. The molecule has 0 N–H and O–H groups in total. The summed E-state index contributed by atoms with van der Waals surface area (Å²) in [6, 6.07) is 4.75. The molecule has 0 spiro atoms. The molecule has 0 radical (unpaired) electrons. The highest BCUT2D eigenvalue weighted by Crippen LogP contribution is 2.30. The number of benzene rings is 1. The molecule has 3 fully saturated rings. The van der Waals surface area contributed by atoms with Crippen molar-refractivity contribution in [3.05, 3.63) is 24.0 Å². The van der Waals surface area contributed by atoms with Crippen molar-refractivity contribution in [3.63, 3.8) is 0 Å². The third-order valence-electron chi connectivity index (χ3n) is 6.57. The van der Waals surface area contributed by atoms with Crippen LogP contribution < -0.4 is 9.80 Å². The Labute approximate surface area is 192 Å². The summed E-state index contributed by atoms with van der Waals surface area (Å²) in [7, 11) is 3.12. The summed E-state index contributed by atoms with van der Waals surface area (Å²) in [6.45, 7) is 2.58. The Hall–Kier alpha value is -2.62. The molecule has 2 amide bonds. The lowest BCUT2D eigenvalue weighted by atomic mass is 10.1. The van der Waals surface area contributed by atoms with Gasteiger partial charge in [-0.3, -0.25) is 14.6 Å². The van der Waals surface area contributed by atoms with Gasteiger partial charge in [-0.1, -0.05) is 12.8 Å². The van der Waals surface area contributed by atoms with Crippen LogP contribution in [0.4, 0.5) is 20.6 Å². The normalized spacial score (nSPS) is 21.7. The topological polar surface area (TPSA) is 65.6 Å². The molecule has 1 aromatic rings. The number of piperazine rings is 1. The largest absolute Gasteiger partial charge is 0.474 e. The minimum atomic E-state index is -0.608. The number of nitrogens with zero attached hydrogens (tertiary/aromatic N) is 4. The number of methoxy groups -OCH3 is 1. The summed E-state index contributed by atoms with van der Waals surface area (Å²) in [5, 5.41) is 0.205. The van der Waals surface area contributed by atoms with E-state index in [1.807, 2.05) is 9.80 Å². The average molecular weight is 465 g/mol. The molecule has 1 saturated carbocycles. The molecular formula is C22H29FN4O4S. The summed E-state index contributed by atoms with van der Waals surface area (Å²) in [5.41, 5.74) is 0.897. The predicted molar refractivity (Wildman–Crippen MR) is 122 cm³/mol. The molecule has 8 nitrogen and oxygen atoms in total. The Morgan fingerprint density at radius 3 is 2.53 bits per heavy atom. The smallest absolute Gasteiger partial charge is 0.416 e. The zero-order valence-electron chi connectivity index (χ0n) is 18.5. The first-order valence-corrected chi connectivity index (χ1v) is 11.4. The first-order chi connectivity index (χ1) is 15.4. The summed E-state index contributed by atoms with van der Waals surface area (Å²) in [6.07, 6.45) is 3.07. The second kappa shape index (κ2) is 9.48. The van der Waals surface area contributed by atoms with Gasteiger partial charge in [0.1, 0.15) is 5.82 Å². The standard InChI is InChI=1S/C22H29FN4O4S/c1-24(22(32)30-2)19-14-27(21(29)31-19)16-7-8-18(17(23)13-16)25-9-11-26(12-10-25)20(28)15-5-3-4-6-15/h7-8,13,15,19H,3-6,9-12,14H2,1-2H3. The Bertz CT molecular complexity index is 887. The van der Waals surface area contributed by atoms with Crippen molar-refractivity contribution in [1.29, 1.82) is 0 Å². The Morgan fingerprint density at radius 1 is 1.22 bits per heavy atom. The van der Waals surface area contributed by atoms with Gasteiger partial charge in [-0.15, -0.1) is 0 Å². The van der Waals surface area contributed by atoms with E-state index in [0.29, 0.717) is 37.6 Å². The third kappa shape index (κ3) is 4.46. The van der Waals surface area contributed by atoms with Crippen LogP contribution in [0.15, 0.2) is 18.2 Å². The van der Waals surface area contributed by atoms with E-state index in [1.165, 1.54) is 18.1 Å². The SMILES string of the molecule is COC(=S)N(C)C1CN(c2ccc(N3CCN(C(=O)C4CCCC4)CC3)c(F)c2)C(=O)O1. The number of hydrogen-bond donors (Lipinski definition) is 0. The van der Waals surface area contributed by atoms with E-state index in [0.717, 1.165) is 25.7 Å². The van der Waals surface area contributed by atoms with Gasteiger partial charge in [0, 0.05) is 39.1 Å². The Kier molecular flexibility index (Phi) is 6.68. The molecule has 32 heavy (non-hydrogen) atoms.